The van der Waals surface area contributed by atoms with Crippen LogP contribution in [0.1, 0.15) is 42.0 Å². The summed E-state index contributed by atoms with van der Waals surface area (Å²) in [5.74, 6) is 0. The summed E-state index contributed by atoms with van der Waals surface area (Å²) in [5, 5.41) is 0. The van der Waals surface area contributed by atoms with Crippen LogP contribution in [0.3, 0.4) is 0 Å². The molecule has 1 nitrogen and oxygen atoms in total. The normalized spacial score (nSPS) is 9.42. The molecule has 0 N–H and O–H groups in total. The average molecular weight is 169 g/mol. The Bertz CT molecular complexity index is 167. The summed E-state index contributed by atoms with van der Waals surface area (Å²) in [5.41, 5.74) is 0.240. The maximum Gasteiger partial charge on any atom is 0.0355 e. The van der Waals surface area contributed by atoms with Gasteiger partial charge < -0.3 is 4.57 Å². The van der Waals surface area contributed by atoms with Gasteiger partial charge in [0, 0.05) is 17.9 Å². The Morgan fingerprint density at radius 3 is 1.42 bits per heavy atom. The third kappa shape index (κ3) is 4.22. The van der Waals surface area contributed by atoms with E-state index in [0.29, 0.717) is 0 Å². The molecule has 0 fully saturated rings. The quantitative estimate of drug-likeness (QED) is 0.555. The lowest BCUT2D eigenvalue weighted by atomic mass is 10.1. The van der Waals surface area contributed by atoms with Crippen molar-refractivity contribution in [3.63, 3.8) is 0 Å². The largest absolute Gasteiger partial charge is 0.349 e. The number of hydrogen-bond acceptors (Lipinski definition) is 0. The van der Waals surface area contributed by atoms with Crippen molar-refractivity contribution in [2.75, 3.05) is 0 Å². The molecule has 1 rings (SSSR count). The zero-order valence-electron chi connectivity index (χ0n) is 8.26. The van der Waals surface area contributed by atoms with Gasteiger partial charge in [0.25, 0.3) is 0 Å². The van der Waals surface area contributed by atoms with Crippen LogP contribution in [0.5, 0.6) is 0 Å². The molecule has 12 heavy (non-hydrogen) atoms. The Hall–Kier alpha value is -0.720. The predicted molar refractivity (Wildman–Crippen MR) is 57.5 cm³/mol. The van der Waals surface area contributed by atoms with Gasteiger partial charge in [0.05, 0.1) is 0 Å². The van der Waals surface area contributed by atoms with E-state index in [1.807, 2.05) is 26.0 Å². The van der Waals surface area contributed by atoms with Crippen molar-refractivity contribution < 1.29 is 0 Å². The number of hydrogen-bond donors (Lipinski definition) is 0. The van der Waals surface area contributed by atoms with E-state index in [-0.39, 0.29) is 13.0 Å². The fraction of sp³-hybridized carbons (Fsp3) is 0.636. The molecule has 0 aliphatic rings. The highest BCUT2D eigenvalue weighted by atomic mass is 15.0. The van der Waals surface area contributed by atoms with Gasteiger partial charge >= 0.3 is 0 Å². The topological polar surface area (TPSA) is 4.93 Å². The van der Waals surface area contributed by atoms with Crippen LogP contribution in [0.25, 0.3) is 0 Å². The van der Waals surface area contributed by atoms with Crippen LogP contribution in [0, 0.1) is 0 Å². The molecule has 1 aromatic rings. The van der Waals surface area contributed by atoms with Crippen molar-refractivity contribution in [3.8, 4) is 0 Å². The first kappa shape index (κ1) is 13.8. The predicted octanol–water partition coefficient (Wildman–Crippen LogP) is 3.91. The Labute approximate surface area is 77.4 Å². The van der Waals surface area contributed by atoms with Crippen LogP contribution in [0.2, 0.25) is 0 Å². The van der Waals surface area contributed by atoms with Crippen molar-refractivity contribution in [3.05, 3.63) is 24.5 Å². The molecule has 0 aliphatic heterocycles. The summed E-state index contributed by atoms with van der Waals surface area (Å²) in [7, 11) is 0. The van der Waals surface area contributed by atoms with Gasteiger partial charge in [-0.25, -0.2) is 0 Å². The van der Waals surface area contributed by atoms with Crippen LogP contribution < -0.4 is 0 Å². The van der Waals surface area contributed by atoms with Crippen molar-refractivity contribution in [2.24, 2.45) is 0 Å². The van der Waals surface area contributed by atoms with Gasteiger partial charge in [0.1, 0.15) is 0 Å². The molecule has 0 aliphatic carbocycles. The summed E-state index contributed by atoms with van der Waals surface area (Å²) in [4.78, 5) is 0. The highest BCUT2D eigenvalue weighted by Crippen LogP contribution is 2.12. The highest BCUT2D eigenvalue weighted by Gasteiger charge is 2.09. The lowest BCUT2D eigenvalue weighted by Gasteiger charge is -2.20. The van der Waals surface area contributed by atoms with E-state index in [1.54, 1.807) is 0 Å². The van der Waals surface area contributed by atoms with E-state index in [0.717, 1.165) is 0 Å². The van der Waals surface area contributed by atoms with Crippen molar-refractivity contribution in [1.82, 2.24) is 4.57 Å². The molecule has 1 aromatic heterocycles. The van der Waals surface area contributed by atoms with E-state index in [2.05, 4.69) is 37.7 Å². The fourth-order valence-corrected chi connectivity index (χ4v) is 0.782. The summed E-state index contributed by atoms with van der Waals surface area (Å²) in [6.07, 6.45) is 4.17. The summed E-state index contributed by atoms with van der Waals surface area (Å²) in [6, 6.07) is 4.09. The third-order valence-electron chi connectivity index (χ3n) is 1.38. The molecule has 0 amide bonds. The Balaban J connectivity index is 0. The lowest BCUT2D eigenvalue weighted by molar-refractivity contribution is 0.398. The maximum atomic E-state index is 2.19. The second kappa shape index (κ2) is 5.87. The van der Waals surface area contributed by atoms with Crippen LogP contribution in [-0.2, 0) is 5.54 Å². The fourth-order valence-electron chi connectivity index (χ4n) is 0.782. The van der Waals surface area contributed by atoms with Gasteiger partial charge in [-0.2, -0.15) is 0 Å². The first-order chi connectivity index (χ1) is 5.11. The summed E-state index contributed by atoms with van der Waals surface area (Å²) >= 11 is 0. The smallest absolute Gasteiger partial charge is 0.0355 e. The molecule has 0 unspecified atom stereocenters. The SMILES string of the molecule is C.CC.CC(C)(C)n1cccc1. The van der Waals surface area contributed by atoms with Gasteiger partial charge in [-0.05, 0) is 32.9 Å². The van der Waals surface area contributed by atoms with Gasteiger partial charge in [0.2, 0.25) is 0 Å². The zero-order valence-corrected chi connectivity index (χ0v) is 8.26. The van der Waals surface area contributed by atoms with Gasteiger partial charge in [-0.1, -0.05) is 21.3 Å². The van der Waals surface area contributed by atoms with Crippen LogP contribution in [-0.4, -0.2) is 4.57 Å². The molecule has 72 valence electrons. The van der Waals surface area contributed by atoms with Crippen molar-refractivity contribution in [1.29, 1.82) is 0 Å². The first-order valence-corrected chi connectivity index (χ1v) is 4.24. The van der Waals surface area contributed by atoms with Gasteiger partial charge in [-0.15, -0.1) is 0 Å². The number of rotatable bonds is 0. The van der Waals surface area contributed by atoms with E-state index in [4.69, 9.17) is 0 Å². The molecule has 0 spiro atoms. The number of aromatic nitrogens is 1. The minimum atomic E-state index is 0. The van der Waals surface area contributed by atoms with E-state index < -0.39 is 0 Å². The minimum Gasteiger partial charge on any atom is -0.349 e. The zero-order chi connectivity index (χ0) is 8.91. The Morgan fingerprint density at radius 2 is 1.25 bits per heavy atom. The molecule has 0 saturated carbocycles. The monoisotopic (exact) mass is 169 g/mol. The Kier molecular flexibility index (Phi) is 6.77. The van der Waals surface area contributed by atoms with Crippen LogP contribution in [0.4, 0.5) is 0 Å². The van der Waals surface area contributed by atoms with Gasteiger partial charge in [-0.3, -0.25) is 0 Å². The molecule has 0 atom stereocenters. The average Bonchev–Trinajstić information content (AvgIpc) is 2.40. The van der Waals surface area contributed by atoms with Crippen molar-refractivity contribution in [2.45, 2.75) is 47.6 Å². The third-order valence-corrected chi connectivity index (χ3v) is 1.38. The van der Waals surface area contributed by atoms with E-state index in [1.165, 1.54) is 0 Å². The number of nitrogens with zero attached hydrogens (tertiary/aromatic N) is 1. The van der Waals surface area contributed by atoms with Crippen LogP contribution >= 0.6 is 0 Å². The molecule has 1 heteroatoms. The molecule has 0 saturated heterocycles. The summed E-state index contributed by atoms with van der Waals surface area (Å²) < 4.78 is 2.19. The highest BCUT2D eigenvalue weighted by molar-refractivity contribution is 4.94. The van der Waals surface area contributed by atoms with Gasteiger partial charge in [0.15, 0.2) is 0 Å². The Morgan fingerprint density at radius 1 is 0.917 bits per heavy atom. The second-order valence-electron chi connectivity index (χ2n) is 3.26. The molecule has 1 heterocycles. The lowest BCUT2D eigenvalue weighted by Crippen LogP contribution is -2.19. The maximum absolute atomic E-state index is 2.19. The molecule has 0 bridgehead atoms. The molecule has 0 radical (unpaired) electrons. The van der Waals surface area contributed by atoms with Crippen molar-refractivity contribution >= 4 is 0 Å². The summed E-state index contributed by atoms with van der Waals surface area (Å²) in [6.45, 7) is 10.6. The minimum absolute atomic E-state index is 0. The second-order valence-corrected chi connectivity index (χ2v) is 3.26. The molecule has 0 aromatic carbocycles. The van der Waals surface area contributed by atoms with E-state index >= 15 is 0 Å². The standard InChI is InChI=1S/C8H13N.C2H6.CH4/c1-8(2,3)9-6-4-5-7-9;1-2;/h4-7H,1-3H3;1-2H3;1H4. The molecular weight excluding hydrogens is 146 g/mol. The molecular formula is C11H23N. The van der Waals surface area contributed by atoms with Crippen LogP contribution in [0.15, 0.2) is 24.5 Å². The van der Waals surface area contributed by atoms with E-state index in [9.17, 15) is 0 Å². The first-order valence-electron chi connectivity index (χ1n) is 4.24.